The van der Waals surface area contributed by atoms with E-state index >= 15 is 0 Å². The molecule has 0 radical (unpaired) electrons. The van der Waals surface area contributed by atoms with Crippen molar-refractivity contribution in [2.45, 2.75) is 50.4 Å². The Morgan fingerprint density at radius 3 is 2.58 bits per heavy atom. The first-order valence-corrected chi connectivity index (χ1v) is 11.5. The second-order valence-electron chi connectivity index (χ2n) is 7.80. The maximum atomic E-state index is 13.0. The van der Waals surface area contributed by atoms with E-state index < -0.39 is 0 Å². The van der Waals surface area contributed by atoms with Gasteiger partial charge in [-0.1, -0.05) is 17.8 Å². The van der Waals surface area contributed by atoms with E-state index in [-0.39, 0.29) is 18.0 Å². The van der Waals surface area contributed by atoms with Gasteiger partial charge in [0.1, 0.15) is 5.75 Å². The minimum absolute atomic E-state index is 0.148. The van der Waals surface area contributed by atoms with Crippen LogP contribution in [0.5, 0.6) is 5.75 Å². The quantitative estimate of drug-likeness (QED) is 0.538. The number of aromatic nitrogens is 4. The molecule has 1 amide bonds. The fourth-order valence-electron chi connectivity index (χ4n) is 4.15. The second-order valence-corrected chi connectivity index (χ2v) is 8.74. The van der Waals surface area contributed by atoms with Crippen LogP contribution < -0.4 is 4.74 Å². The first kappa shape index (κ1) is 21.4. The summed E-state index contributed by atoms with van der Waals surface area (Å²) in [6, 6.07) is 12.1. The van der Waals surface area contributed by atoms with E-state index in [9.17, 15) is 4.79 Å². The lowest BCUT2D eigenvalue weighted by molar-refractivity contribution is -0.134. The summed E-state index contributed by atoms with van der Waals surface area (Å²) in [6.45, 7) is 4.27. The number of ether oxygens (including phenoxy) is 1. The van der Waals surface area contributed by atoms with Crippen LogP contribution in [0.25, 0.3) is 17.1 Å². The van der Waals surface area contributed by atoms with Crippen LogP contribution in [-0.4, -0.2) is 55.5 Å². The van der Waals surface area contributed by atoms with Crippen LogP contribution in [-0.2, 0) is 4.79 Å². The Bertz CT molecular complexity index is 1030. The molecule has 0 N–H and O–H groups in total. The summed E-state index contributed by atoms with van der Waals surface area (Å²) >= 11 is 1.42. The molecule has 7 nitrogen and oxygen atoms in total. The first-order valence-electron chi connectivity index (χ1n) is 10.5. The van der Waals surface area contributed by atoms with Crippen LogP contribution >= 0.6 is 11.8 Å². The van der Waals surface area contributed by atoms with Gasteiger partial charge in [0.2, 0.25) is 5.91 Å². The number of carbonyl (C=O) groups is 1. The van der Waals surface area contributed by atoms with Gasteiger partial charge in [-0.05, 0) is 57.4 Å². The third-order valence-electron chi connectivity index (χ3n) is 5.69. The van der Waals surface area contributed by atoms with Crippen LogP contribution in [0.3, 0.4) is 0 Å². The van der Waals surface area contributed by atoms with Crippen LogP contribution in [0.4, 0.5) is 0 Å². The molecule has 0 bridgehead atoms. The van der Waals surface area contributed by atoms with E-state index in [4.69, 9.17) is 4.74 Å². The van der Waals surface area contributed by atoms with Crippen molar-refractivity contribution in [3.8, 4) is 22.8 Å². The SMILES string of the molecule is COc1cccc(-n2c(SCC(=O)N3[C@@H](C)CCC[C@@H]3C)nnc2-c2ccncc2)c1. The Hall–Kier alpha value is -2.87. The van der Waals surface area contributed by atoms with Gasteiger partial charge in [-0.25, -0.2) is 0 Å². The second kappa shape index (κ2) is 9.51. The zero-order valence-corrected chi connectivity index (χ0v) is 18.9. The minimum atomic E-state index is 0.148. The normalized spacial score (nSPS) is 18.7. The maximum absolute atomic E-state index is 13.0. The summed E-state index contributed by atoms with van der Waals surface area (Å²) in [4.78, 5) is 19.2. The lowest BCUT2D eigenvalue weighted by atomic mass is 9.98. The smallest absolute Gasteiger partial charge is 0.233 e. The number of hydrogen-bond donors (Lipinski definition) is 0. The van der Waals surface area contributed by atoms with E-state index in [1.165, 1.54) is 18.2 Å². The zero-order chi connectivity index (χ0) is 21.8. The summed E-state index contributed by atoms with van der Waals surface area (Å²) in [7, 11) is 1.64. The average Bonchev–Trinajstić information content (AvgIpc) is 3.22. The van der Waals surface area contributed by atoms with E-state index in [0.717, 1.165) is 29.8 Å². The monoisotopic (exact) mass is 437 g/mol. The Labute approximate surface area is 186 Å². The molecule has 2 atom stereocenters. The van der Waals surface area contributed by atoms with Gasteiger partial charge in [-0.3, -0.25) is 14.3 Å². The molecule has 1 aliphatic rings. The van der Waals surface area contributed by atoms with Crippen molar-refractivity contribution in [3.05, 3.63) is 48.8 Å². The molecule has 0 aliphatic carbocycles. The van der Waals surface area contributed by atoms with Gasteiger partial charge in [-0.2, -0.15) is 0 Å². The summed E-state index contributed by atoms with van der Waals surface area (Å²) in [5.74, 6) is 1.92. The third kappa shape index (κ3) is 4.58. The van der Waals surface area contributed by atoms with E-state index in [1.807, 2.05) is 45.9 Å². The molecule has 1 aromatic carbocycles. The summed E-state index contributed by atoms with van der Waals surface area (Å²) in [6.07, 6.45) is 6.77. The van der Waals surface area contributed by atoms with Crippen molar-refractivity contribution >= 4 is 17.7 Å². The first-order chi connectivity index (χ1) is 15.1. The molecule has 1 aliphatic heterocycles. The summed E-state index contributed by atoms with van der Waals surface area (Å²) in [5, 5.41) is 9.53. The Morgan fingerprint density at radius 2 is 1.87 bits per heavy atom. The van der Waals surface area contributed by atoms with Gasteiger partial charge in [0, 0.05) is 36.1 Å². The highest BCUT2D eigenvalue weighted by Gasteiger charge is 2.29. The number of rotatable bonds is 6. The number of pyridine rings is 1. The topological polar surface area (TPSA) is 73.1 Å². The van der Waals surface area contributed by atoms with Gasteiger partial charge < -0.3 is 9.64 Å². The van der Waals surface area contributed by atoms with Crippen molar-refractivity contribution < 1.29 is 9.53 Å². The Morgan fingerprint density at radius 1 is 1.13 bits per heavy atom. The van der Waals surface area contributed by atoms with Crippen molar-refractivity contribution in [1.29, 1.82) is 0 Å². The van der Waals surface area contributed by atoms with Crippen molar-refractivity contribution in [2.75, 3.05) is 12.9 Å². The van der Waals surface area contributed by atoms with Gasteiger partial charge >= 0.3 is 0 Å². The standard InChI is InChI=1S/C23H27N5O2S/c1-16-6-4-7-17(2)27(16)21(29)15-31-23-26-25-22(18-10-12-24-13-11-18)28(23)19-8-5-9-20(14-19)30-3/h5,8-14,16-17H,4,6-7,15H2,1-3H3/t16-,17-/m0/s1. The largest absolute Gasteiger partial charge is 0.497 e. The molecule has 3 aromatic rings. The maximum Gasteiger partial charge on any atom is 0.233 e. The molecule has 0 saturated carbocycles. The van der Waals surface area contributed by atoms with Crippen molar-refractivity contribution in [1.82, 2.24) is 24.6 Å². The molecule has 31 heavy (non-hydrogen) atoms. The van der Waals surface area contributed by atoms with Gasteiger partial charge in [0.05, 0.1) is 18.6 Å². The number of nitrogens with zero attached hydrogens (tertiary/aromatic N) is 5. The third-order valence-corrected chi connectivity index (χ3v) is 6.60. The predicted molar refractivity (Wildman–Crippen MR) is 121 cm³/mol. The van der Waals surface area contributed by atoms with Crippen LogP contribution in [0.2, 0.25) is 0 Å². The van der Waals surface area contributed by atoms with E-state index in [1.54, 1.807) is 19.5 Å². The number of amides is 1. The number of methoxy groups -OCH3 is 1. The van der Waals surface area contributed by atoms with E-state index in [2.05, 4.69) is 29.0 Å². The van der Waals surface area contributed by atoms with Crippen molar-refractivity contribution in [3.63, 3.8) is 0 Å². The lowest BCUT2D eigenvalue weighted by Gasteiger charge is -2.39. The van der Waals surface area contributed by atoms with Gasteiger partial charge in [0.15, 0.2) is 11.0 Å². The van der Waals surface area contributed by atoms with Gasteiger partial charge in [-0.15, -0.1) is 10.2 Å². The summed E-state index contributed by atoms with van der Waals surface area (Å²) < 4.78 is 7.38. The number of carbonyl (C=O) groups excluding carboxylic acids is 1. The number of benzene rings is 1. The minimum Gasteiger partial charge on any atom is -0.497 e. The molecule has 162 valence electrons. The Kier molecular flexibility index (Phi) is 6.56. The highest BCUT2D eigenvalue weighted by Crippen LogP contribution is 2.30. The average molecular weight is 438 g/mol. The van der Waals surface area contributed by atoms with Crippen LogP contribution in [0.15, 0.2) is 53.9 Å². The molecule has 2 aromatic heterocycles. The van der Waals surface area contributed by atoms with Crippen LogP contribution in [0, 0.1) is 0 Å². The molecule has 4 rings (SSSR count). The van der Waals surface area contributed by atoms with Crippen LogP contribution in [0.1, 0.15) is 33.1 Å². The van der Waals surface area contributed by atoms with Crippen molar-refractivity contribution in [2.24, 2.45) is 0 Å². The number of piperidine rings is 1. The highest BCUT2D eigenvalue weighted by atomic mass is 32.2. The molecule has 0 spiro atoms. The molecule has 1 saturated heterocycles. The Balaban J connectivity index is 1.64. The fourth-order valence-corrected chi connectivity index (χ4v) is 4.97. The number of likely N-dealkylation sites (tertiary alicyclic amines) is 1. The predicted octanol–water partition coefficient (Wildman–Crippen LogP) is 4.22. The molecule has 0 unspecified atom stereocenters. The number of thioether (sulfide) groups is 1. The molecule has 3 heterocycles. The number of hydrogen-bond acceptors (Lipinski definition) is 6. The van der Waals surface area contributed by atoms with Gasteiger partial charge in [0.25, 0.3) is 0 Å². The zero-order valence-electron chi connectivity index (χ0n) is 18.1. The lowest BCUT2D eigenvalue weighted by Crippen LogP contribution is -2.48. The molecular formula is C23H27N5O2S. The highest BCUT2D eigenvalue weighted by molar-refractivity contribution is 7.99. The summed E-state index contributed by atoms with van der Waals surface area (Å²) in [5.41, 5.74) is 1.78. The fraction of sp³-hybridized carbons (Fsp3) is 0.391. The molecule has 1 fully saturated rings. The molecular weight excluding hydrogens is 410 g/mol. The molecule has 8 heteroatoms. The van der Waals surface area contributed by atoms with E-state index in [0.29, 0.717) is 16.7 Å².